The van der Waals surface area contributed by atoms with Gasteiger partial charge in [-0.2, -0.15) is 0 Å². The highest BCUT2D eigenvalue weighted by Gasteiger charge is 2.19. The van der Waals surface area contributed by atoms with Crippen LogP contribution in [-0.2, 0) is 13.1 Å². The van der Waals surface area contributed by atoms with Crippen LogP contribution < -0.4 is 5.73 Å². The highest BCUT2D eigenvalue weighted by Crippen LogP contribution is 2.25. The van der Waals surface area contributed by atoms with E-state index < -0.39 is 0 Å². The molecule has 3 rings (SSSR count). The normalized spacial score (nSPS) is 21.1. The predicted octanol–water partition coefficient (Wildman–Crippen LogP) is 2.79. The lowest BCUT2D eigenvalue weighted by Gasteiger charge is -2.28. The van der Waals surface area contributed by atoms with Crippen molar-refractivity contribution in [2.75, 3.05) is 31.9 Å². The second-order valence-corrected chi connectivity index (χ2v) is 7.26. The molecule has 5 nitrogen and oxygen atoms in total. The number of aromatic nitrogens is 2. The van der Waals surface area contributed by atoms with Crippen molar-refractivity contribution in [3.8, 4) is 0 Å². The number of rotatable bonds is 4. The van der Waals surface area contributed by atoms with Crippen LogP contribution in [0.5, 0.6) is 0 Å². The van der Waals surface area contributed by atoms with Crippen LogP contribution in [0.1, 0.15) is 49.9 Å². The molecule has 2 fully saturated rings. The third kappa shape index (κ3) is 4.18. The van der Waals surface area contributed by atoms with Gasteiger partial charge in [0, 0.05) is 13.1 Å². The molecule has 0 bridgehead atoms. The summed E-state index contributed by atoms with van der Waals surface area (Å²) in [6.45, 7) is 6.41. The van der Waals surface area contributed by atoms with Gasteiger partial charge in [0.15, 0.2) is 0 Å². The lowest BCUT2D eigenvalue weighted by Crippen LogP contribution is -2.31. The third-order valence-electron chi connectivity index (χ3n) is 4.65. The van der Waals surface area contributed by atoms with Crippen molar-refractivity contribution in [1.29, 1.82) is 0 Å². The topological polar surface area (TPSA) is 58.3 Å². The van der Waals surface area contributed by atoms with E-state index in [-0.39, 0.29) is 0 Å². The van der Waals surface area contributed by atoms with E-state index in [4.69, 9.17) is 5.73 Å². The Morgan fingerprint density at radius 2 is 1.18 bits per heavy atom. The number of hydrogen-bond donors (Lipinski definition) is 1. The number of anilines is 1. The molecule has 2 saturated heterocycles. The largest absolute Gasteiger partial charge is 0.368 e. The number of piperidine rings is 2. The SMILES string of the molecule is Nc1nc(CN2CCCCC2)c(Br)c(CN2CCCCC2)n1. The van der Waals surface area contributed by atoms with Gasteiger partial charge in [0.1, 0.15) is 0 Å². The molecule has 0 spiro atoms. The summed E-state index contributed by atoms with van der Waals surface area (Å²) < 4.78 is 1.05. The minimum atomic E-state index is 0.405. The van der Waals surface area contributed by atoms with Gasteiger partial charge < -0.3 is 5.73 Å². The first-order valence-electron chi connectivity index (χ1n) is 8.48. The van der Waals surface area contributed by atoms with Gasteiger partial charge in [-0.3, -0.25) is 9.80 Å². The van der Waals surface area contributed by atoms with Gasteiger partial charge in [-0.05, 0) is 67.8 Å². The summed E-state index contributed by atoms with van der Waals surface area (Å²) >= 11 is 3.74. The number of hydrogen-bond acceptors (Lipinski definition) is 5. The van der Waals surface area contributed by atoms with Crippen molar-refractivity contribution in [2.24, 2.45) is 0 Å². The molecule has 2 aliphatic rings. The van der Waals surface area contributed by atoms with Crippen molar-refractivity contribution < 1.29 is 0 Å². The quantitative estimate of drug-likeness (QED) is 0.886. The van der Waals surface area contributed by atoms with Crippen LogP contribution in [0.4, 0.5) is 5.95 Å². The second-order valence-electron chi connectivity index (χ2n) is 6.46. The van der Waals surface area contributed by atoms with Gasteiger partial charge >= 0.3 is 0 Å². The van der Waals surface area contributed by atoms with Crippen LogP contribution in [0.25, 0.3) is 0 Å². The van der Waals surface area contributed by atoms with Crippen molar-refractivity contribution >= 4 is 21.9 Å². The summed E-state index contributed by atoms with van der Waals surface area (Å²) in [5.41, 5.74) is 8.04. The molecule has 0 atom stereocenters. The molecular formula is C16H26BrN5. The van der Waals surface area contributed by atoms with E-state index >= 15 is 0 Å². The maximum Gasteiger partial charge on any atom is 0.220 e. The standard InChI is InChI=1S/C16H26BrN5/c17-15-13(11-21-7-3-1-4-8-21)19-16(18)20-14(15)12-22-9-5-2-6-10-22/h1-12H2,(H2,18,19,20). The molecule has 1 aromatic heterocycles. The molecule has 0 aromatic carbocycles. The van der Waals surface area contributed by atoms with Crippen molar-refractivity contribution in [2.45, 2.75) is 51.6 Å². The minimum Gasteiger partial charge on any atom is -0.368 e. The van der Waals surface area contributed by atoms with Crippen LogP contribution >= 0.6 is 15.9 Å². The Balaban J connectivity index is 1.72. The van der Waals surface area contributed by atoms with Crippen LogP contribution in [0, 0.1) is 0 Å². The maximum atomic E-state index is 5.96. The maximum absolute atomic E-state index is 5.96. The van der Waals surface area contributed by atoms with Gasteiger partial charge in [0.2, 0.25) is 5.95 Å². The first kappa shape index (κ1) is 16.1. The highest BCUT2D eigenvalue weighted by molar-refractivity contribution is 9.10. The average Bonchev–Trinajstić information content (AvgIpc) is 2.54. The Morgan fingerprint density at radius 3 is 1.59 bits per heavy atom. The lowest BCUT2D eigenvalue weighted by molar-refractivity contribution is 0.213. The van der Waals surface area contributed by atoms with Gasteiger partial charge in [-0.25, -0.2) is 9.97 Å². The highest BCUT2D eigenvalue weighted by atomic mass is 79.9. The number of nitrogens with two attached hydrogens (primary N) is 1. The number of nitrogen functional groups attached to an aromatic ring is 1. The van der Waals surface area contributed by atoms with Crippen molar-refractivity contribution in [3.63, 3.8) is 0 Å². The smallest absolute Gasteiger partial charge is 0.220 e. The predicted molar refractivity (Wildman–Crippen MR) is 92.4 cm³/mol. The summed E-state index contributed by atoms with van der Waals surface area (Å²) in [4.78, 5) is 13.9. The van der Waals surface area contributed by atoms with E-state index in [2.05, 4.69) is 35.7 Å². The molecule has 0 aliphatic carbocycles. The molecule has 2 N–H and O–H groups in total. The first-order valence-corrected chi connectivity index (χ1v) is 9.27. The Bertz CT molecular complexity index is 454. The monoisotopic (exact) mass is 367 g/mol. The van der Waals surface area contributed by atoms with E-state index in [1.54, 1.807) is 0 Å². The van der Waals surface area contributed by atoms with Crippen LogP contribution in [0.3, 0.4) is 0 Å². The Hall–Kier alpha value is -0.720. The van der Waals surface area contributed by atoms with Gasteiger partial charge in [0.25, 0.3) is 0 Å². The molecule has 3 heterocycles. The van der Waals surface area contributed by atoms with E-state index in [9.17, 15) is 0 Å². The summed E-state index contributed by atoms with van der Waals surface area (Å²) in [5.74, 6) is 0.405. The molecule has 22 heavy (non-hydrogen) atoms. The van der Waals surface area contributed by atoms with E-state index in [1.165, 1.54) is 38.5 Å². The molecule has 6 heteroatoms. The molecule has 0 radical (unpaired) electrons. The fourth-order valence-corrected chi connectivity index (χ4v) is 3.86. The zero-order valence-electron chi connectivity index (χ0n) is 13.2. The minimum absolute atomic E-state index is 0.405. The molecule has 1 aromatic rings. The third-order valence-corrected chi connectivity index (χ3v) is 5.57. The summed E-state index contributed by atoms with van der Waals surface area (Å²) in [5, 5.41) is 0. The van der Waals surface area contributed by atoms with Gasteiger partial charge in [-0.1, -0.05) is 12.8 Å². The van der Waals surface area contributed by atoms with Gasteiger partial charge in [-0.15, -0.1) is 0 Å². The number of halogens is 1. The fraction of sp³-hybridized carbons (Fsp3) is 0.750. The number of likely N-dealkylation sites (tertiary alicyclic amines) is 2. The first-order chi connectivity index (χ1) is 10.7. The molecular weight excluding hydrogens is 342 g/mol. The second kappa shape index (κ2) is 7.70. The van der Waals surface area contributed by atoms with E-state index in [1.807, 2.05) is 0 Å². The Morgan fingerprint density at radius 1 is 0.773 bits per heavy atom. The van der Waals surface area contributed by atoms with Gasteiger partial charge in [0.05, 0.1) is 15.9 Å². The summed E-state index contributed by atoms with van der Waals surface area (Å²) in [7, 11) is 0. The van der Waals surface area contributed by atoms with E-state index in [0.29, 0.717) is 5.95 Å². The zero-order valence-corrected chi connectivity index (χ0v) is 14.8. The molecule has 0 amide bonds. The molecule has 0 unspecified atom stereocenters. The van der Waals surface area contributed by atoms with Crippen LogP contribution in [-0.4, -0.2) is 45.9 Å². The summed E-state index contributed by atoms with van der Waals surface area (Å²) in [6, 6.07) is 0. The fourth-order valence-electron chi connectivity index (χ4n) is 3.43. The van der Waals surface area contributed by atoms with Crippen LogP contribution in [0.2, 0.25) is 0 Å². The van der Waals surface area contributed by atoms with Crippen LogP contribution in [0.15, 0.2) is 4.47 Å². The van der Waals surface area contributed by atoms with Crippen molar-refractivity contribution in [1.82, 2.24) is 19.8 Å². The molecule has 2 aliphatic heterocycles. The Labute approximate surface area is 141 Å². The number of nitrogens with zero attached hydrogens (tertiary/aromatic N) is 4. The molecule has 122 valence electrons. The lowest BCUT2D eigenvalue weighted by atomic mass is 10.1. The summed E-state index contributed by atoms with van der Waals surface area (Å²) in [6.07, 6.45) is 7.86. The Kier molecular flexibility index (Phi) is 5.66. The molecule has 0 saturated carbocycles. The van der Waals surface area contributed by atoms with E-state index in [0.717, 1.165) is 55.1 Å². The average molecular weight is 368 g/mol. The zero-order chi connectivity index (χ0) is 15.4. The van der Waals surface area contributed by atoms with Crippen molar-refractivity contribution in [3.05, 3.63) is 15.9 Å².